The minimum absolute atomic E-state index is 0.0102. The van der Waals surface area contributed by atoms with Crippen molar-refractivity contribution in [1.29, 1.82) is 0 Å². The number of halogens is 2. The molecule has 0 aliphatic rings. The summed E-state index contributed by atoms with van der Waals surface area (Å²) in [6, 6.07) is 10.4. The van der Waals surface area contributed by atoms with E-state index in [2.05, 4.69) is 5.32 Å². The van der Waals surface area contributed by atoms with E-state index >= 15 is 0 Å². The van der Waals surface area contributed by atoms with Crippen LogP contribution in [0, 0.1) is 5.82 Å². The Kier molecular flexibility index (Phi) is 5.14. The van der Waals surface area contributed by atoms with E-state index in [0.717, 1.165) is 6.07 Å². The number of rotatable bonds is 5. The lowest BCUT2D eigenvalue weighted by Gasteiger charge is -2.08. The van der Waals surface area contributed by atoms with Crippen LogP contribution in [0.5, 0.6) is 11.5 Å². The maximum absolute atomic E-state index is 13.9. The van der Waals surface area contributed by atoms with E-state index in [1.165, 1.54) is 12.1 Å². The maximum Gasteiger partial charge on any atom is 0.251 e. The smallest absolute Gasteiger partial charge is 0.251 e. The summed E-state index contributed by atoms with van der Waals surface area (Å²) in [5, 5.41) is 11.6. The maximum atomic E-state index is 13.9. The molecule has 0 fully saturated rings. The molecule has 0 saturated carbocycles. The Bertz CT molecular complexity index is 631. The summed E-state index contributed by atoms with van der Waals surface area (Å²) < 4.78 is 19.3. The van der Waals surface area contributed by atoms with E-state index < -0.39 is 11.7 Å². The van der Waals surface area contributed by atoms with Crippen molar-refractivity contribution >= 4 is 17.5 Å². The molecule has 110 valence electrons. The van der Waals surface area contributed by atoms with Crippen molar-refractivity contribution in [3.63, 3.8) is 0 Å². The van der Waals surface area contributed by atoms with Crippen LogP contribution in [-0.2, 0) is 0 Å². The fourth-order valence-corrected chi connectivity index (χ4v) is 1.75. The van der Waals surface area contributed by atoms with Gasteiger partial charge in [0.05, 0.1) is 6.61 Å². The molecular formula is C15H13ClFNO3. The third-order valence-corrected chi connectivity index (χ3v) is 2.88. The SMILES string of the molecule is O=C(NCCO)c1ccc(Oc2ccc(Cl)cc2)c(F)c1. The predicted molar refractivity (Wildman–Crippen MR) is 77.3 cm³/mol. The summed E-state index contributed by atoms with van der Waals surface area (Å²) in [6.45, 7) is -0.0601. The summed E-state index contributed by atoms with van der Waals surface area (Å²) in [6.07, 6.45) is 0. The van der Waals surface area contributed by atoms with E-state index in [-0.39, 0.29) is 24.5 Å². The lowest BCUT2D eigenvalue weighted by Crippen LogP contribution is -2.26. The van der Waals surface area contributed by atoms with Crippen LogP contribution in [0.4, 0.5) is 4.39 Å². The molecule has 0 bridgehead atoms. The van der Waals surface area contributed by atoms with Crippen molar-refractivity contribution in [2.45, 2.75) is 0 Å². The van der Waals surface area contributed by atoms with Crippen LogP contribution < -0.4 is 10.1 Å². The highest BCUT2D eigenvalue weighted by atomic mass is 35.5. The highest BCUT2D eigenvalue weighted by Gasteiger charge is 2.10. The molecule has 0 unspecified atom stereocenters. The first-order valence-electron chi connectivity index (χ1n) is 6.22. The number of hydrogen-bond acceptors (Lipinski definition) is 3. The summed E-state index contributed by atoms with van der Waals surface area (Å²) in [5.41, 5.74) is 0.157. The van der Waals surface area contributed by atoms with Crippen LogP contribution in [0.2, 0.25) is 5.02 Å². The van der Waals surface area contributed by atoms with Gasteiger partial charge in [0.1, 0.15) is 5.75 Å². The Morgan fingerprint density at radius 1 is 1.24 bits per heavy atom. The second kappa shape index (κ2) is 7.06. The molecule has 0 spiro atoms. The molecule has 0 radical (unpaired) electrons. The van der Waals surface area contributed by atoms with Gasteiger partial charge < -0.3 is 15.2 Å². The number of amides is 1. The molecule has 2 rings (SSSR count). The number of nitrogens with one attached hydrogen (secondary N) is 1. The Morgan fingerprint density at radius 3 is 2.57 bits per heavy atom. The van der Waals surface area contributed by atoms with Gasteiger partial charge in [0.25, 0.3) is 5.91 Å². The lowest BCUT2D eigenvalue weighted by atomic mass is 10.2. The number of benzene rings is 2. The fourth-order valence-electron chi connectivity index (χ4n) is 1.63. The van der Waals surface area contributed by atoms with E-state index in [9.17, 15) is 9.18 Å². The van der Waals surface area contributed by atoms with Crippen LogP contribution in [0.1, 0.15) is 10.4 Å². The largest absolute Gasteiger partial charge is 0.454 e. The number of ether oxygens (including phenoxy) is 1. The quantitative estimate of drug-likeness (QED) is 0.892. The molecule has 1 amide bonds. The molecule has 0 aliphatic heterocycles. The molecular weight excluding hydrogens is 297 g/mol. The monoisotopic (exact) mass is 309 g/mol. The first-order chi connectivity index (χ1) is 10.1. The van der Waals surface area contributed by atoms with E-state index in [0.29, 0.717) is 10.8 Å². The van der Waals surface area contributed by atoms with Gasteiger partial charge in [0.2, 0.25) is 0 Å². The number of aliphatic hydroxyl groups is 1. The van der Waals surface area contributed by atoms with Gasteiger partial charge in [-0.3, -0.25) is 4.79 Å². The zero-order valence-corrected chi connectivity index (χ0v) is 11.7. The number of carbonyl (C=O) groups excluding carboxylic acids is 1. The van der Waals surface area contributed by atoms with Gasteiger partial charge in [-0.2, -0.15) is 0 Å². The van der Waals surface area contributed by atoms with E-state index in [1.54, 1.807) is 24.3 Å². The average molecular weight is 310 g/mol. The van der Waals surface area contributed by atoms with Crippen LogP contribution in [0.3, 0.4) is 0 Å². The van der Waals surface area contributed by atoms with Gasteiger partial charge in [-0.15, -0.1) is 0 Å². The van der Waals surface area contributed by atoms with Gasteiger partial charge in [-0.1, -0.05) is 11.6 Å². The molecule has 0 saturated heterocycles. The molecule has 21 heavy (non-hydrogen) atoms. The first-order valence-corrected chi connectivity index (χ1v) is 6.60. The van der Waals surface area contributed by atoms with Crippen molar-refractivity contribution < 1.29 is 19.0 Å². The fraction of sp³-hybridized carbons (Fsp3) is 0.133. The van der Waals surface area contributed by atoms with Gasteiger partial charge >= 0.3 is 0 Å². The van der Waals surface area contributed by atoms with Crippen LogP contribution in [0.15, 0.2) is 42.5 Å². The second-order valence-electron chi connectivity index (χ2n) is 4.18. The van der Waals surface area contributed by atoms with Crippen LogP contribution >= 0.6 is 11.6 Å². The van der Waals surface area contributed by atoms with Crippen molar-refractivity contribution in [3.05, 3.63) is 58.9 Å². The third-order valence-electron chi connectivity index (χ3n) is 2.63. The highest BCUT2D eigenvalue weighted by molar-refractivity contribution is 6.30. The van der Waals surface area contributed by atoms with Crippen molar-refractivity contribution in [1.82, 2.24) is 5.32 Å². The molecule has 4 nitrogen and oxygen atoms in total. The normalized spacial score (nSPS) is 10.2. The Morgan fingerprint density at radius 2 is 1.95 bits per heavy atom. The van der Waals surface area contributed by atoms with Gasteiger partial charge in [0, 0.05) is 17.1 Å². The van der Waals surface area contributed by atoms with Crippen LogP contribution in [-0.4, -0.2) is 24.2 Å². The average Bonchev–Trinajstić information content (AvgIpc) is 2.49. The minimum Gasteiger partial charge on any atom is -0.454 e. The van der Waals surface area contributed by atoms with Crippen LogP contribution in [0.25, 0.3) is 0 Å². The summed E-state index contributed by atoms with van der Waals surface area (Å²) in [7, 11) is 0. The lowest BCUT2D eigenvalue weighted by molar-refractivity contribution is 0.0944. The zero-order valence-electron chi connectivity index (χ0n) is 11.0. The topological polar surface area (TPSA) is 58.6 Å². The first kappa shape index (κ1) is 15.3. The predicted octanol–water partition coefficient (Wildman–Crippen LogP) is 2.99. The van der Waals surface area contributed by atoms with E-state index in [4.69, 9.17) is 21.4 Å². The Labute approximate surface area is 126 Å². The molecule has 0 aliphatic carbocycles. The molecule has 2 N–H and O–H groups in total. The second-order valence-corrected chi connectivity index (χ2v) is 4.62. The highest BCUT2D eigenvalue weighted by Crippen LogP contribution is 2.26. The number of aliphatic hydroxyl groups excluding tert-OH is 1. The molecule has 6 heteroatoms. The molecule has 0 aromatic heterocycles. The van der Waals surface area contributed by atoms with Crippen molar-refractivity contribution in [2.75, 3.05) is 13.2 Å². The summed E-state index contributed by atoms with van der Waals surface area (Å²) in [4.78, 5) is 11.6. The summed E-state index contributed by atoms with van der Waals surface area (Å²) in [5.74, 6) is -0.658. The van der Waals surface area contributed by atoms with Crippen molar-refractivity contribution in [2.24, 2.45) is 0 Å². The zero-order chi connectivity index (χ0) is 15.2. The number of carbonyl (C=O) groups is 1. The number of hydrogen-bond donors (Lipinski definition) is 2. The van der Waals surface area contributed by atoms with Crippen molar-refractivity contribution in [3.8, 4) is 11.5 Å². The molecule has 0 heterocycles. The molecule has 2 aromatic carbocycles. The standard InChI is InChI=1S/C15H13ClFNO3/c16-11-2-4-12(5-3-11)21-14-6-1-10(9-13(14)17)15(20)18-7-8-19/h1-6,9,19H,7-8H2,(H,18,20). The third kappa shape index (κ3) is 4.18. The summed E-state index contributed by atoms with van der Waals surface area (Å²) >= 11 is 5.75. The van der Waals surface area contributed by atoms with Gasteiger partial charge in [0.15, 0.2) is 11.6 Å². The van der Waals surface area contributed by atoms with E-state index in [1.807, 2.05) is 0 Å². The van der Waals surface area contributed by atoms with Gasteiger partial charge in [-0.05, 0) is 42.5 Å². The Balaban J connectivity index is 2.12. The Hall–Kier alpha value is -2.11. The molecule has 2 aromatic rings. The minimum atomic E-state index is -0.651. The van der Waals surface area contributed by atoms with Gasteiger partial charge in [-0.25, -0.2) is 4.39 Å². The molecule has 0 atom stereocenters.